The summed E-state index contributed by atoms with van der Waals surface area (Å²) in [5.74, 6) is -0.347. The molecule has 0 aliphatic rings. The van der Waals surface area contributed by atoms with Gasteiger partial charge in [0.05, 0.1) is 17.5 Å². The molecule has 0 aromatic heterocycles. The van der Waals surface area contributed by atoms with E-state index in [0.717, 1.165) is 0 Å². The Morgan fingerprint density at radius 1 is 1.47 bits per heavy atom. The number of halogens is 2. The lowest BCUT2D eigenvalue weighted by molar-refractivity contribution is -0.116. The second kappa shape index (κ2) is 6.17. The summed E-state index contributed by atoms with van der Waals surface area (Å²) >= 11 is 9.13. The normalized spacial score (nSPS) is 12.0. The van der Waals surface area contributed by atoms with Gasteiger partial charge in [-0.05, 0) is 24.1 Å². The molecular weight excluding hydrogens is 307 g/mol. The van der Waals surface area contributed by atoms with Gasteiger partial charge in [-0.1, -0.05) is 28.1 Å². The molecule has 92 valence electrons. The van der Waals surface area contributed by atoms with Crippen LogP contribution in [0.3, 0.4) is 0 Å². The maximum atomic E-state index is 11.6. The number of rotatable bonds is 4. The number of carbonyl (C=O) groups excluding carboxylic acids is 2. The predicted octanol–water partition coefficient (Wildman–Crippen LogP) is 3.24. The highest BCUT2D eigenvalue weighted by Gasteiger charge is 2.21. The van der Waals surface area contributed by atoms with E-state index in [1.165, 1.54) is 14.0 Å². The summed E-state index contributed by atoms with van der Waals surface area (Å²) in [6, 6.07) is 5.10. The van der Waals surface area contributed by atoms with Crippen LogP contribution in [-0.4, -0.2) is 18.9 Å². The quantitative estimate of drug-likeness (QED) is 0.632. The first-order valence-corrected chi connectivity index (χ1v) is 6.38. The highest BCUT2D eigenvalue weighted by Crippen LogP contribution is 2.30. The Morgan fingerprint density at radius 2 is 2.12 bits per heavy atom. The van der Waals surface area contributed by atoms with Crippen LogP contribution in [0.2, 0.25) is 0 Å². The molecule has 0 fully saturated rings. The van der Waals surface area contributed by atoms with E-state index in [2.05, 4.69) is 20.7 Å². The summed E-state index contributed by atoms with van der Waals surface area (Å²) in [6.45, 7) is 1.47. The highest BCUT2D eigenvalue weighted by atomic mass is 79.9. The lowest BCUT2D eigenvalue weighted by atomic mass is 9.98. The van der Waals surface area contributed by atoms with Gasteiger partial charge in [0.2, 0.25) is 0 Å². The lowest BCUT2D eigenvalue weighted by Gasteiger charge is -2.14. The molecule has 1 aromatic rings. The van der Waals surface area contributed by atoms with Crippen LogP contribution in [0.1, 0.15) is 33.2 Å². The Balaban J connectivity index is 3.32. The Labute approximate surface area is 113 Å². The topological polar surface area (TPSA) is 43.4 Å². The molecule has 0 aliphatic carbocycles. The Morgan fingerprint density at radius 3 is 2.59 bits per heavy atom. The monoisotopic (exact) mass is 318 g/mol. The van der Waals surface area contributed by atoms with E-state index in [-0.39, 0.29) is 11.7 Å². The van der Waals surface area contributed by atoms with Crippen LogP contribution in [0.25, 0.3) is 0 Å². The molecule has 0 saturated heterocycles. The third-order valence-corrected chi connectivity index (χ3v) is 3.79. The molecule has 1 aromatic carbocycles. The van der Waals surface area contributed by atoms with Gasteiger partial charge in [0, 0.05) is 5.88 Å². The van der Waals surface area contributed by atoms with Crippen molar-refractivity contribution in [3.8, 4) is 0 Å². The van der Waals surface area contributed by atoms with Gasteiger partial charge in [0.25, 0.3) is 0 Å². The number of Topliss-reactive ketones (excluding diaryl/α,β-unsaturated/α-hetero) is 1. The van der Waals surface area contributed by atoms with Crippen molar-refractivity contribution in [2.24, 2.45) is 0 Å². The summed E-state index contributed by atoms with van der Waals surface area (Å²) < 4.78 is 4.68. The number of hydrogen-bond acceptors (Lipinski definition) is 3. The third kappa shape index (κ3) is 3.07. The standard InChI is InChI=1S/C12H12BrClO3/c1-7(15)11(13)8-4-3-5-9(10(8)6-14)12(16)17-2/h3-5,11H,6H2,1-2H3. The molecule has 1 rings (SSSR count). The van der Waals surface area contributed by atoms with Crippen molar-refractivity contribution in [1.29, 1.82) is 0 Å². The van der Waals surface area contributed by atoms with Gasteiger partial charge in [-0.15, -0.1) is 11.6 Å². The highest BCUT2D eigenvalue weighted by molar-refractivity contribution is 9.09. The molecule has 0 amide bonds. The average Bonchev–Trinajstić information content (AvgIpc) is 2.35. The molecule has 0 saturated carbocycles. The van der Waals surface area contributed by atoms with Crippen molar-refractivity contribution in [3.05, 3.63) is 34.9 Å². The molecule has 1 atom stereocenters. The molecule has 17 heavy (non-hydrogen) atoms. The van der Waals surface area contributed by atoms with E-state index in [9.17, 15) is 9.59 Å². The molecule has 0 bridgehead atoms. The fourth-order valence-electron chi connectivity index (χ4n) is 1.51. The smallest absolute Gasteiger partial charge is 0.338 e. The number of carbonyl (C=O) groups is 2. The summed E-state index contributed by atoms with van der Waals surface area (Å²) in [4.78, 5) is 22.5. The first kappa shape index (κ1) is 14.2. The minimum atomic E-state index is -0.458. The zero-order valence-electron chi connectivity index (χ0n) is 9.50. The van der Waals surface area contributed by atoms with Crippen molar-refractivity contribution in [3.63, 3.8) is 0 Å². The van der Waals surface area contributed by atoms with E-state index in [1.54, 1.807) is 18.2 Å². The van der Waals surface area contributed by atoms with Crippen LogP contribution >= 0.6 is 27.5 Å². The van der Waals surface area contributed by atoms with Crippen LogP contribution in [0, 0.1) is 0 Å². The van der Waals surface area contributed by atoms with E-state index in [1.807, 2.05) is 0 Å². The van der Waals surface area contributed by atoms with Crippen molar-refractivity contribution < 1.29 is 14.3 Å². The molecule has 0 aliphatic heterocycles. The molecule has 0 radical (unpaired) electrons. The molecule has 3 nitrogen and oxygen atoms in total. The fourth-order valence-corrected chi connectivity index (χ4v) is 2.24. The molecule has 0 spiro atoms. The van der Waals surface area contributed by atoms with Crippen molar-refractivity contribution in [2.45, 2.75) is 17.6 Å². The van der Waals surface area contributed by atoms with Gasteiger partial charge in [0.15, 0.2) is 0 Å². The number of alkyl halides is 2. The molecular formula is C12H12BrClO3. The summed E-state index contributed by atoms with van der Waals surface area (Å²) in [5.41, 5.74) is 1.72. The van der Waals surface area contributed by atoms with E-state index in [4.69, 9.17) is 11.6 Å². The van der Waals surface area contributed by atoms with E-state index < -0.39 is 10.8 Å². The fraction of sp³-hybridized carbons (Fsp3) is 0.333. The van der Waals surface area contributed by atoms with Gasteiger partial charge < -0.3 is 4.74 Å². The number of ketones is 1. The van der Waals surface area contributed by atoms with Crippen LogP contribution in [-0.2, 0) is 15.4 Å². The zero-order chi connectivity index (χ0) is 13.0. The number of benzene rings is 1. The number of methoxy groups -OCH3 is 1. The maximum Gasteiger partial charge on any atom is 0.338 e. The lowest BCUT2D eigenvalue weighted by Crippen LogP contribution is -2.10. The van der Waals surface area contributed by atoms with E-state index >= 15 is 0 Å². The first-order valence-electron chi connectivity index (χ1n) is 4.93. The molecule has 1 unspecified atom stereocenters. The van der Waals surface area contributed by atoms with Crippen molar-refractivity contribution >= 4 is 39.3 Å². The largest absolute Gasteiger partial charge is 0.465 e. The average molecular weight is 320 g/mol. The summed E-state index contributed by atoms with van der Waals surface area (Å²) in [7, 11) is 1.31. The number of esters is 1. The molecule has 5 heteroatoms. The summed E-state index contributed by atoms with van der Waals surface area (Å²) in [6.07, 6.45) is 0. The van der Waals surface area contributed by atoms with Crippen LogP contribution in [0.4, 0.5) is 0 Å². The Hall–Kier alpha value is -0.870. The third-order valence-electron chi connectivity index (χ3n) is 2.38. The van der Waals surface area contributed by atoms with Crippen molar-refractivity contribution in [1.82, 2.24) is 0 Å². The Kier molecular flexibility index (Phi) is 5.15. The maximum absolute atomic E-state index is 11.6. The van der Waals surface area contributed by atoms with Crippen molar-refractivity contribution in [2.75, 3.05) is 7.11 Å². The van der Waals surface area contributed by atoms with Gasteiger partial charge >= 0.3 is 5.97 Å². The van der Waals surface area contributed by atoms with Crippen LogP contribution in [0.5, 0.6) is 0 Å². The molecule has 0 N–H and O–H groups in total. The van der Waals surface area contributed by atoms with Gasteiger partial charge in [-0.2, -0.15) is 0 Å². The predicted molar refractivity (Wildman–Crippen MR) is 69.7 cm³/mol. The van der Waals surface area contributed by atoms with Gasteiger partial charge in [-0.25, -0.2) is 4.79 Å². The van der Waals surface area contributed by atoms with Crippen LogP contribution < -0.4 is 0 Å². The summed E-state index contributed by atoms with van der Waals surface area (Å²) in [5, 5.41) is 0. The zero-order valence-corrected chi connectivity index (χ0v) is 11.8. The Bertz CT molecular complexity index is 445. The second-order valence-electron chi connectivity index (χ2n) is 3.47. The SMILES string of the molecule is COC(=O)c1cccc(C(Br)C(C)=O)c1CCl. The second-order valence-corrected chi connectivity index (χ2v) is 4.65. The first-order chi connectivity index (χ1) is 8.02. The van der Waals surface area contributed by atoms with E-state index in [0.29, 0.717) is 16.7 Å². The molecule has 0 heterocycles. The van der Waals surface area contributed by atoms with Crippen LogP contribution in [0.15, 0.2) is 18.2 Å². The number of hydrogen-bond donors (Lipinski definition) is 0. The minimum absolute atomic E-state index is 0.0432. The van der Waals surface area contributed by atoms with Gasteiger partial charge in [-0.3, -0.25) is 4.79 Å². The minimum Gasteiger partial charge on any atom is -0.465 e. The van der Waals surface area contributed by atoms with Gasteiger partial charge in [0.1, 0.15) is 5.78 Å². The number of ether oxygens (including phenoxy) is 1.